The number of hydrogen-bond acceptors (Lipinski definition) is 4. The molecule has 1 aromatic rings. The molecule has 1 heterocycles. The van der Waals surface area contributed by atoms with Gasteiger partial charge in [-0.05, 0) is 32.2 Å². The van der Waals surface area contributed by atoms with Crippen molar-refractivity contribution in [2.24, 2.45) is 0 Å². The van der Waals surface area contributed by atoms with E-state index in [4.69, 9.17) is 0 Å². The van der Waals surface area contributed by atoms with Crippen LogP contribution >= 0.6 is 11.8 Å². The molecule has 1 saturated heterocycles. The van der Waals surface area contributed by atoms with Crippen LogP contribution in [0.5, 0.6) is 0 Å². The summed E-state index contributed by atoms with van der Waals surface area (Å²) in [7, 11) is 0. The zero-order chi connectivity index (χ0) is 15.5. The summed E-state index contributed by atoms with van der Waals surface area (Å²) < 4.78 is 0. The maximum absolute atomic E-state index is 12.6. The van der Waals surface area contributed by atoms with Crippen molar-refractivity contribution < 1.29 is 9.90 Å². The predicted octanol–water partition coefficient (Wildman–Crippen LogP) is 1.94. The Bertz CT molecular complexity index is 491. The molecule has 4 nitrogen and oxygen atoms in total. The minimum Gasteiger partial charge on any atom is -0.389 e. The van der Waals surface area contributed by atoms with Gasteiger partial charge in [0.15, 0.2) is 0 Å². The number of rotatable bonds is 4. The molecular formula is C16H24N2O2S. The van der Waals surface area contributed by atoms with Gasteiger partial charge < -0.3 is 10.0 Å². The van der Waals surface area contributed by atoms with E-state index in [1.54, 1.807) is 11.8 Å². The molecule has 0 aromatic heterocycles. The van der Waals surface area contributed by atoms with Crippen molar-refractivity contribution in [2.45, 2.75) is 24.3 Å². The first kappa shape index (κ1) is 16.3. The van der Waals surface area contributed by atoms with Gasteiger partial charge >= 0.3 is 0 Å². The fourth-order valence-electron chi connectivity index (χ4n) is 2.65. The van der Waals surface area contributed by atoms with Crippen molar-refractivity contribution in [1.82, 2.24) is 9.80 Å². The van der Waals surface area contributed by atoms with Crippen LogP contribution in [0.15, 0.2) is 29.2 Å². The number of benzene rings is 1. The minimum atomic E-state index is -0.683. The highest BCUT2D eigenvalue weighted by Gasteiger charge is 2.26. The number of carbonyl (C=O) groups excluding carboxylic acids is 1. The van der Waals surface area contributed by atoms with E-state index in [9.17, 15) is 9.90 Å². The first-order chi connectivity index (χ1) is 9.90. The van der Waals surface area contributed by atoms with E-state index in [-0.39, 0.29) is 5.91 Å². The van der Waals surface area contributed by atoms with Crippen LogP contribution in [0, 0.1) is 0 Å². The molecule has 1 N–H and O–H groups in total. The van der Waals surface area contributed by atoms with Crippen molar-refractivity contribution in [3.8, 4) is 0 Å². The van der Waals surface area contributed by atoms with E-state index in [1.807, 2.05) is 49.3 Å². The molecule has 1 aromatic carbocycles. The Morgan fingerprint density at radius 2 is 1.86 bits per heavy atom. The summed E-state index contributed by atoms with van der Waals surface area (Å²) in [6.45, 7) is 7.36. The Morgan fingerprint density at radius 1 is 1.24 bits per heavy atom. The number of hydrogen-bond donors (Lipinski definition) is 1. The summed E-state index contributed by atoms with van der Waals surface area (Å²) in [4.78, 5) is 17.8. The SMILES string of the molecule is CSc1ccccc1C(=O)N1CCN(CC(C)(C)O)CC1. The average Bonchev–Trinajstić information content (AvgIpc) is 2.45. The Kier molecular flexibility index (Phi) is 5.30. The van der Waals surface area contributed by atoms with Gasteiger partial charge in [-0.15, -0.1) is 11.8 Å². The van der Waals surface area contributed by atoms with Gasteiger partial charge in [-0.25, -0.2) is 0 Å². The summed E-state index contributed by atoms with van der Waals surface area (Å²) >= 11 is 1.61. The highest BCUT2D eigenvalue weighted by molar-refractivity contribution is 7.98. The van der Waals surface area contributed by atoms with Gasteiger partial charge in [0.1, 0.15) is 0 Å². The highest BCUT2D eigenvalue weighted by Crippen LogP contribution is 2.22. The summed E-state index contributed by atoms with van der Waals surface area (Å²) in [6.07, 6.45) is 1.99. The van der Waals surface area contributed by atoms with Crippen LogP contribution in [0.3, 0.4) is 0 Å². The molecule has 1 aliphatic rings. The van der Waals surface area contributed by atoms with Gasteiger partial charge in [-0.3, -0.25) is 9.69 Å². The number of thioether (sulfide) groups is 1. The van der Waals surface area contributed by atoms with Crippen molar-refractivity contribution in [1.29, 1.82) is 0 Å². The van der Waals surface area contributed by atoms with Crippen LogP contribution in [0.1, 0.15) is 24.2 Å². The first-order valence-electron chi connectivity index (χ1n) is 7.28. The lowest BCUT2D eigenvalue weighted by Crippen LogP contribution is -2.52. The predicted molar refractivity (Wildman–Crippen MR) is 86.9 cm³/mol. The lowest BCUT2D eigenvalue weighted by Gasteiger charge is -2.37. The maximum Gasteiger partial charge on any atom is 0.255 e. The second-order valence-electron chi connectivity index (χ2n) is 6.08. The molecule has 1 aliphatic heterocycles. The standard InChI is InChI=1S/C16H24N2O2S/c1-16(2,20)12-17-8-10-18(11-9-17)15(19)13-6-4-5-7-14(13)21-3/h4-7,20H,8-12H2,1-3H3. The highest BCUT2D eigenvalue weighted by atomic mass is 32.2. The molecule has 2 rings (SSSR count). The largest absolute Gasteiger partial charge is 0.389 e. The lowest BCUT2D eigenvalue weighted by molar-refractivity contribution is 0.0178. The molecule has 0 bridgehead atoms. The third-order valence-electron chi connectivity index (χ3n) is 3.61. The normalized spacial score (nSPS) is 17.0. The minimum absolute atomic E-state index is 0.114. The van der Waals surface area contributed by atoms with E-state index in [0.29, 0.717) is 6.54 Å². The molecule has 0 saturated carbocycles. The second kappa shape index (κ2) is 6.81. The fourth-order valence-corrected chi connectivity index (χ4v) is 3.24. The molecule has 5 heteroatoms. The zero-order valence-corrected chi connectivity index (χ0v) is 13.8. The summed E-state index contributed by atoms with van der Waals surface area (Å²) in [5.74, 6) is 0.114. The van der Waals surface area contributed by atoms with Gasteiger partial charge in [0, 0.05) is 37.6 Å². The van der Waals surface area contributed by atoms with E-state index in [1.165, 1.54) is 0 Å². The Hall–Kier alpha value is -1.04. The van der Waals surface area contributed by atoms with E-state index in [0.717, 1.165) is 36.6 Å². The Labute approximate surface area is 131 Å². The van der Waals surface area contributed by atoms with Gasteiger partial charge in [0.25, 0.3) is 5.91 Å². The first-order valence-corrected chi connectivity index (χ1v) is 8.50. The average molecular weight is 308 g/mol. The summed E-state index contributed by atoms with van der Waals surface area (Å²) in [5.41, 5.74) is 0.110. The molecule has 1 fully saturated rings. The maximum atomic E-state index is 12.6. The number of nitrogens with zero attached hydrogens (tertiary/aromatic N) is 2. The van der Waals surface area contributed by atoms with Crippen LogP contribution in [-0.2, 0) is 0 Å². The quantitative estimate of drug-likeness (QED) is 0.863. The smallest absolute Gasteiger partial charge is 0.255 e. The van der Waals surface area contributed by atoms with Gasteiger partial charge in [0.2, 0.25) is 0 Å². The molecule has 21 heavy (non-hydrogen) atoms. The van der Waals surface area contributed by atoms with E-state index in [2.05, 4.69) is 4.90 Å². The van der Waals surface area contributed by atoms with Crippen LogP contribution in [0.2, 0.25) is 0 Å². The fraction of sp³-hybridized carbons (Fsp3) is 0.562. The molecule has 0 atom stereocenters. The van der Waals surface area contributed by atoms with Gasteiger partial charge in [-0.2, -0.15) is 0 Å². The third kappa shape index (κ3) is 4.46. The Balaban J connectivity index is 1.97. The van der Waals surface area contributed by atoms with Crippen LogP contribution in [0.4, 0.5) is 0 Å². The van der Waals surface area contributed by atoms with E-state index < -0.39 is 5.60 Å². The van der Waals surface area contributed by atoms with Gasteiger partial charge in [0.05, 0.1) is 11.2 Å². The lowest BCUT2D eigenvalue weighted by atomic mass is 10.1. The number of aliphatic hydroxyl groups is 1. The molecule has 0 aliphatic carbocycles. The van der Waals surface area contributed by atoms with Crippen molar-refractivity contribution in [2.75, 3.05) is 39.0 Å². The molecule has 0 radical (unpaired) electrons. The van der Waals surface area contributed by atoms with Crippen LogP contribution < -0.4 is 0 Å². The van der Waals surface area contributed by atoms with Crippen LogP contribution in [0.25, 0.3) is 0 Å². The Morgan fingerprint density at radius 3 is 2.43 bits per heavy atom. The summed E-state index contributed by atoms with van der Waals surface area (Å²) in [6, 6.07) is 7.77. The van der Waals surface area contributed by atoms with E-state index >= 15 is 0 Å². The molecule has 0 spiro atoms. The monoisotopic (exact) mass is 308 g/mol. The number of β-amino-alcohol motifs (C(OH)–C–C–N with tert-alkyl or cyclic N) is 1. The zero-order valence-electron chi connectivity index (χ0n) is 13.0. The topological polar surface area (TPSA) is 43.8 Å². The number of carbonyl (C=O) groups is 1. The molecule has 116 valence electrons. The summed E-state index contributed by atoms with van der Waals surface area (Å²) in [5, 5.41) is 9.87. The molecule has 0 unspecified atom stereocenters. The molecular weight excluding hydrogens is 284 g/mol. The van der Waals surface area contributed by atoms with Crippen molar-refractivity contribution in [3.63, 3.8) is 0 Å². The third-order valence-corrected chi connectivity index (χ3v) is 4.40. The number of amides is 1. The second-order valence-corrected chi connectivity index (χ2v) is 6.93. The molecule has 1 amide bonds. The number of piperazine rings is 1. The van der Waals surface area contributed by atoms with Crippen LogP contribution in [-0.4, -0.2) is 65.4 Å². The van der Waals surface area contributed by atoms with Gasteiger partial charge in [-0.1, -0.05) is 12.1 Å². The van der Waals surface area contributed by atoms with Crippen molar-refractivity contribution in [3.05, 3.63) is 29.8 Å². The van der Waals surface area contributed by atoms with Crippen molar-refractivity contribution >= 4 is 17.7 Å².